The molecule has 2 amide bonds. The van der Waals surface area contributed by atoms with Crippen LogP contribution in [0.4, 0.5) is 21.9 Å². The van der Waals surface area contributed by atoms with Crippen molar-refractivity contribution in [3.05, 3.63) is 84.4 Å². The van der Waals surface area contributed by atoms with E-state index in [2.05, 4.69) is 35.0 Å². The number of rotatable bonds is 6. The molecule has 0 unspecified atom stereocenters. The maximum absolute atomic E-state index is 12.1. The summed E-state index contributed by atoms with van der Waals surface area (Å²) in [7, 11) is 1.61. The molecule has 0 bridgehead atoms. The summed E-state index contributed by atoms with van der Waals surface area (Å²) in [6, 6.07) is 25.0. The first-order valence-electron chi connectivity index (χ1n) is 8.77. The second-order valence-corrected chi connectivity index (χ2v) is 6.16. The molecule has 0 radical (unpaired) electrons. The largest absolute Gasteiger partial charge is 0.497 e. The minimum Gasteiger partial charge on any atom is -0.497 e. The van der Waals surface area contributed by atoms with Gasteiger partial charge in [0.2, 0.25) is 0 Å². The Bertz CT molecular complexity index is 862. The van der Waals surface area contributed by atoms with Crippen LogP contribution in [0.5, 0.6) is 5.75 Å². The van der Waals surface area contributed by atoms with E-state index < -0.39 is 0 Å². The zero-order valence-electron chi connectivity index (χ0n) is 15.4. The fourth-order valence-corrected chi connectivity index (χ4v) is 2.69. The van der Waals surface area contributed by atoms with E-state index in [1.54, 1.807) is 31.4 Å². The van der Waals surface area contributed by atoms with Crippen LogP contribution in [0.15, 0.2) is 78.9 Å². The molecule has 27 heavy (non-hydrogen) atoms. The molecule has 0 saturated carbocycles. The standard InChI is InChI=1S/C22H23N3O2/c1-16(17-6-4-3-5-7-17)23-18-8-10-19(11-9-18)24-22(26)25-20-12-14-21(27-2)15-13-20/h3-16,23H,1-2H3,(H2,24,25,26)/t16-/m0/s1. The highest BCUT2D eigenvalue weighted by Gasteiger charge is 2.06. The van der Waals surface area contributed by atoms with E-state index in [9.17, 15) is 4.79 Å². The van der Waals surface area contributed by atoms with Gasteiger partial charge in [0, 0.05) is 23.1 Å². The van der Waals surface area contributed by atoms with Gasteiger partial charge in [0.25, 0.3) is 0 Å². The van der Waals surface area contributed by atoms with Gasteiger partial charge in [-0.1, -0.05) is 30.3 Å². The fraction of sp³-hybridized carbons (Fsp3) is 0.136. The first-order valence-corrected chi connectivity index (χ1v) is 8.77. The summed E-state index contributed by atoms with van der Waals surface area (Å²) in [4.78, 5) is 12.1. The molecule has 5 nitrogen and oxygen atoms in total. The number of carbonyl (C=O) groups excluding carboxylic acids is 1. The van der Waals surface area contributed by atoms with Crippen molar-refractivity contribution in [1.82, 2.24) is 0 Å². The van der Waals surface area contributed by atoms with E-state index in [1.165, 1.54) is 5.56 Å². The number of urea groups is 1. The summed E-state index contributed by atoms with van der Waals surface area (Å²) in [5.41, 5.74) is 3.63. The number of carbonyl (C=O) groups is 1. The number of methoxy groups -OCH3 is 1. The first-order chi connectivity index (χ1) is 13.1. The van der Waals surface area contributed by atoms with Crippen molar-refractivity contribution in [3.8, 4) is 5.75 Å². The van der Waals surface area contributed by atoms with Crippen LogP contribution >= 0.6 is 0 Å². The predicted octanol–water partition coefficient (Wildman–Crippen LogP) is 5.51. The van der Waals surface area contributed by atoms with Gasteiger partial charge in [-0.2, -0.15) is 0 Å². The van der Waals surface area contributed by atoms with Gasteiger partial charge in [-0.15, -0.1) is 0 Å². The summed E-state index contributed by atoms with van der Waals surface area (Å²) in [5.74, 6) is 0.744. The molecule has 0 aliphatic rings. The zero-order valence-corrected chi connectivity index (χ0v) is 15.4. The van der Waals surface area contributed by atoms with Crippen LogP contribution in [0, 0.1) is 0 Å². The van der Waals surface area contributed by atoms with E-state index >= 15 is 0 Å². The molecule has 0 fully saturated rings. The SMILES string of the molecule is COc1ccc(NC(=O)Nc2ccc(N[C@@H](C)c3ccccc3)cc2)cc1. The zero-order chi connectivity index (χ0) is 19.1. The lowest BCUT2D eigenvalue weighted by Gasteiger charge is -2.16. The normalized spacial score (nSPS) is 11.3. The molecule has 0 spiro atoms. The van der Waals surface area contributed by atoms with Crippen LogP contribution < -0.4 is 20.7 Å². The second kappa shape index (κ2) is 8.76. The Hall–Kier alpha value is -3.47. The Morgan fingerprint density at radius 2 is 1.30 bits per heavy atom. The smallest absolute Gasteiger partial charge is 0.323 e. The van der Waals surface area contributed by atoms with Crippen molar-refractivity contribution in [1.29, 1.82) is 0 Å². The summed E-state index contributed by atoms with van der Waals surface area (Å²) in [5, 5.41) is 9.06. The molecular formula is C22H23N3O2. The molecule has 0 aliphatic heterocycles. The topological polar surface area (TPSA) is 62.4 Å². The summed E-state index contributed by atoms with van der Waals surface area (Å²) in [6.45, 7) is 2.11. The molecule has 3 rings (SSSR count). The molecule has 5 heteroatoms. The lowest BCUT2D eigenvalue weighted by Crippen LogP contribution is -2.19. The minimum atomic E-state index is -0.293. The van der Waals surface area contributed by atoms with Crippen molar-refractivity contribution in [3.63, 3.8) is 0 Å². The summed E-state index contributed by atoms with van der Waals surface area (Å²) >= 11 is 0. The minimum absolute atomic E-state index is 0.198. The molecule has 0 heterocycles. The summed E-state index contributed by atoms with van der Waals surface area (Å²) < 4.78 is 5.10. The third-order valence-electron chi connectivity index (χ3n) is 4.17. The number of ether oxygens (including phenoxy) is 1. The van der Waals surface area contributed by atoms with E-state index in [4.69, 9.17) is 4.74 Å². The van der Waals surface area contributed by atoms with Gasteiger partial charge in [0.05, 0.1) is 7.11 Å². The molecule has 3 N–H and O–H groups in total. The van der Waals surface area contributed by atoms with Crippen molar-refractivity contribution in [2.45, 2.75) is 13.0 Å². The predicted molar refractivity (Wildman–Crippen MR) is 111 cm³/mol. The van der Waals surface area contributed by atoms with Crippen molar-refractivity contribution < 1.29 is 9.53 Å². The van der Waals surface area contributed by atoms with Crippen molar-refractivity contribution >= 4 is 23.1 Å². The molecule has 1 atom stereocenters. The lowest BCUT2D eigenvalue weighted by molar-refractivity contribution is 0.262. The maximum atomic E-state index is 12.1. The number of benzene rings is 3. The quantitative estimate of drug-likeness (QED) is 0.542. The Balaban J connectivity index is 1.54. The third kappa shape index (κ3) is 5.25. The van der Waals surface area contributed by atoms with Crippen molar-refractivity contribution in [2.24, 2.45) is 0 Å². The molecular weight excluding hydrogens is 338 g/mol. The van der Waals surface area contributed by atoms with Crippen molar-refractivity contribution in [2.75, 3.05) is 23.1 Å². The molecule has 3 aromatic rings. The number of hydrogen-bond donors (Lipinski definition) is 3. The molecule has 138 valence electrons. The van der Waals surface area contributed by atoms with Gasteiger partial charge in [-0.25, -0.2) is 4.79 Å². The Morgan fingerprint density at radius 3 is 1.85 bits per heavy atom. The lowest BCUT2D eigenvalue weighted by atomic mass is 10.1. The molecule has 0 aliphatic carbocycles. The third-order valence-corrected chi connectivity index (χ3v) is 4.17. The average Bonchev–Trinajstić information content (AvgIpc) is 2.70. The number of amides is 2. The van der Waals surface area contributed by atoms with Crippen LogP contribution in [0.1, 0.15) is 18.5 Å². The van der Waals surface area contributed by atoms with E-state index in [-0.39, 0.29) is 12.1 Å². The van der Waals surface area contributed by atoms with Gasteiger partial charge in [-0.05, 0) is 61.0 Å². The highest BCUT2D eigenvalue weighted by molar-refractivity contribution is 5.99. The Kier molecular flexibility index (Phi) is 5.94. The van der Waals surface area contributed by atoms with Crippen LogP contribution in [0.25, 0.3) is 0 Å². The number of anilines is 3. The van der Waals surface area contributed by atoms with Gasteiger partial charge in [0.1, 0.15) is 5.75 Å². The molecule has 0 aromatic heterocycles. The van der Waals surface area contributed by atoms with E-state index in [0.717, 1.165) is 17.1 Å². The molecule has 0 saturated heterocycles. The van der Waals surface area contributed by atoms with Gasteiger partial charge < -0.3 is 20.7 Å². The highest BCUT2D eigenvalue weighted by Crippen LogP contribution is 2.21. The monoisotopic (exact) mass is 361 g/mol. The number of nitrogens with one attached hydrogen (secondary N) is 3. The van der Waals surface area contributed by atoms with E-state index in [0.29, 0.717) is 5.69 Å². The maximum Gasteiger partial charge on any atom is 0.323 e. The Morgan fingerprint density at radius 1 is 0.778 bits per heavy atom. The van der Waals surface area contributed by atoms with Crippen LogP contribution in [0.3, 0.4) is 0 Å². The molecule has 3 aromatic carbocycles. The van der Waals surface area contributed by atoms with E-state index in [1.807, 2.05) is 42.5 Å². The highest BCUT2D eigenvalue weighted by atomic mass is 16.5. The first kappa shape index (κ1) is 18.3. The fourth-order valence-electron chi connectivity index (χ4n) is 2.69. The second-order valence-electron chi connectivity index (χ2n) is 6.16. The average molecular weight is 361 g/mol. The van der Waals surface area contributed by atoms with Gasteiger partial charge in [-0.3, -0.25) is 0 Å². The van der Waals surface area contributed by atoms with Crippen LogP contribution in [-0.2, 0) is 0 Å². The van der Waals surface area contributed by atoms with Crippen LogP contribution in [-0.4, -0.2) is 13.1 Å². The van der Waals surface area contributed by atoms with Gasteiger partial charge >= 0.3 is 6.03 Å². The number of hydrogen-bond acceptors (Lipinski definition) is 3. The summed E-state index contributed by atoms with van der Waals surface area (Å²) in [6.07, 6.45) is 0. The van der Waals surface area contributed by atoms with Crippen LogP contribution in [0.2, 0.25) is 0 Å². The Labute approximate surface area is 159 Å². The van der Waals surface area contributed by atoms with Gasteiger partial charge in [0.15, 0.2) is 0 Å².